The Morgan fingerprint density at radius 2 is 1.68 bits per heavy atom. The molecule has 4 rings (SSSR count). The number of carbonyl (C=O) groups excluding carboxylic acids is 2. The second-order valence-electron chi connectivity index (χ2n) is 6.17. The molecule has 2 amide bonds. The summed E-state index contributed by atoms with van der Waals surface area (Å²) in [5.74, 6) is 1.01. The van der Waals surface area contributed by atoms with Crippen LogP contribution in [0.1, 0.15) is 6.42 Å². The fourth-order valence-electron chi connectivity index (χ4n) is 4.00. The summed E-state index contributed by atoms with van der Waals surface area (Å²) < 4.78 is 5.11. The zero-order valence-corrected chi connectivity index (χ0v) is 12.4. The first-order valence-electron chi connectivity index (χ1n) is 7.60. The van der Waals surface area contributed by atoms with Crippen molar-refractivity contribution < 1.29 is 14.3 Å². The molecule has 0 radical (unpaired) electrons. The number of likely N-dealkylation sites (tertiary alicyclic amines) is 1. The number of allylic oxidation sites excluding steroid dienone is 2. The summed E-state index contributed by atoms with van der Waals surface area (Å²) in [6, 6.07) is 7.43. The van der Waals surface area contributed by atoms with Gasteiger partial charge < -0.3 is 10.1 Å². The van der Waals surface area contributed by atoms with Crippen molar-refractivity contribution in [3.05, 3.63) is 36.4 Å². The summed E-state index contributed by atoms with van der Waals surface area (Å²) in [6.45, 7) is 0.233. The van der Waals surface area contributed by atoms with E-state index in [9.17, 15) is 9.59 Å². The molecule has 0 aromatic heterocycles. The Kier molecular flexibility index (Phi) is 2.96. The number of methoxy groups -OCH3 is 1. The minimum Gasteiger partial charge on any atom is -0.497 e. The van der Waals surface area contributed by atoms with Gasteiger partial charge >= 0.3 is 0 Å². The van der Waals surface area contributed by atoms with Crippen LogP contribution in [-0.2, 0) is 9.59 Å². The molecule has 22 heavy (non-hydrogen) atoms. The zero-order valence-electron chi connectivity index (χ0n) is 12.4. The molecule has 3 aliphatic rings. The Morgan fingerprint density at radius 3 is 2.23 bits per heavy atom. The van der Waals surface area contributed by atoms with Crippen molar-refractivity contribution in [2.75, 3.05) is 19.1 Å². The Bertz CT molecular complexity index is 622. The van der Waals surface area contributed by atoms with Gasteiger partial charge in [0.15, 0.2) is 0 Å². The van der Waals surface area contributed by atoms with Crippen LogP contribution in [0.5, 0.6) is 5.75 Å². The van der Waals surface area contributed by atoms with E-state index in [0.29, 0.717) is 0 Å². The second kappa shape index (κ2) is 4.87. The molecule has 2 aliphatic carbocycles. The number of imide groups is 1. The van der Waals surface area contributed by atoms with Crippen molar-refractivity contribution >= 4 is 17.5 Å². The molecule has 4 atom stereocenters. The quantitative estimate of drug-likeness (QED) is 0.681. The number of amides is 2. The fourth-order valence-corrected chi connectivity index (χ4v) is 4.00. The molecule has 1 N–H and O–H groups in total. The van der Waals surface area contributed by atoms with Gasteiger partial charge in [-0.2, -0.15) is 0 Å². The third-order valence-electron chi connectivity index (χ3n) is 5.09. The van der Waals surface area contributed by atoms with Gasteiger partial charge in [-0.05, 0) is 42.5 Å². The van der Waals surface area contributed by atoms with Gasteiger partial charge in [-0.25, -0.2) is 0 Å². The normalized spacial score (nSPS) is 31.8. The van der Waals surface area contributed by atoms with Gasteiger partial charge in [0, 0.05) is 5.69 Å². The van der Waals surface area contributed by atoms with Crippen LogP contribution in [0.4, 0.5) is 5.69 Å². The first-order valence-corrected chi connectivity index (χ1v) is 7.60. The Balaban J connectivity index is 1.45. The van der Waals surface area contributed by atoms with Crippen molar-refractivity contribution in [3.8, 4) is 5.75 Å². The molecule has 1 aliphatic heterocycles. The number of hydrogen-bond donors (Lipinski definition) is 1. The number of benzene rings is 1. The summed E-state index contributed by atoms with van der Waals surface area (Å²) in [5.41, 5.74) is 0.861. The van der Waals surface area contributed by atoms with Gasteiger partial charge in [0.2, 0.25) is 11.8 Å². The smallest absolute Gasteiger partial charge is 0.235 e. The first kappa shape index (κ1) is 13.4. The average molecular weight is 298 g/mol. The number of fused-ring (bicyclic) bond motifs is 5. The molecule has 0 spiro atoms. The number of anilines is 1. The highest BCUT2D eigenvalue weighted by Crippen LogP contribution is 2.52. The summed E-state index contributed by atoms with van der Waals surface area (Å²) in [7, 11) is 1.62. The first-order chi connectivity index (χ1) is 10.7. The van der Waals surface area contributed by atoms with Crippen molar-refractivity contribution in [3.63, 3.8) is 0 Å². The van der Waals surface area contributed by atoms with Crippen molar-refractivity contribution in [1.82, 2.24) is 4.90 Å². The molecule has 1 saturated carbocycles. The lowest BCUT2D eigenvalue weighted by Gasteiger charge is -2.18. The molecule has 1 saturated heterocycles. The van der Waals surface area contributed by atoms with Crippen LogP contribution in [-0.4, -0.2) is 30.5 Å². The summed E-state index contributed by atoms with van der Waals surface area (Å²) >= 11 is 0. The number of carbonyl (C=O) groups is 2. The molecule has 2 bridgehead atoms. The Labute approximate surface area is 128 Å². The highest BCUT2D eigenvalue weighted by atomic mass is 16.5. The van der Waals surface area contributed by atoms with E-state index >= 15 is 0 Å². The van der Waals surface area contributed by atoms with Gasteiger partial charge in [0.1, 0.15) is 5.75 Å². The van der Waals surface area contributed by atoms with E-state index in [4.69, 9.17) is 4.74 Å². The van der Waals surface area contributed by atoms with Gasteiger partial charge in [-0.1, -0.05) is 12.2 Å². The average Bonchev–Trinajstić information content (AvgIpc) is 3.21. The molecular formula is C17H18N2O3. The summed E-state index contributed by atoms with van der Waals surface area (Å²) in [5, 5.41) is 3.15. The standard InChI is InChI=1S/C17H18N2O3/c1-22-13-6-4-12(5-7-13)18-9-19-16(20)14-10-2-3-11(8-10)15(14)17(19)21/h2-7,10-11,14-15,18H,8-9H2,1H3/t10-,11-,14-,15+/m0/s1. The number of ether oxygens (including phenoxy) is 1. The van der Waals surface area contributed by atoms with Gasteiger partial charge in [0.25, 0.3) is 0 Å². The molecule has 5 nitrogen and oxygen atoms in total. The van der Waals surface area contributed by atoms with E-state index in [1.54, 1.807) is 7.11 Å². The predicted octanol–water partition coefficient (Wildman–Crippen LogP) is 1.87. The van der Waals surface area contributed by atoms with Crippen LogP contribution in [0.15, 0.2) is 36.4 Å². The maximum Gasteiger partial charge on any atom is 0.235 e. The highest BCUT2D eigenvalue weighted by Gasteiger charge is 2.59. The SMILES string of the molecule is COc1ccc(NCN2C(=O)[C@@H]3[C@H](C2=O)[C@H]2C=C[C@H]3C2)cc1. The molecule has 1 heterocycles. The molecule has 1 aromatic carbocycles. The van der Waals surface area contributed by atoms with Crippen LogP contribution in [0.3, 0.4) is 0 Å². The second-order valence-corrected chi connectivity index (χ2v) is 6.17. The van der Waals surface area contributed by atoms with Crippen LogP contribution in [0, 0.1) is 23.7 Å². The van der Waals surface area contributed by atoms with E-state index < -0.39 is 0 Å². The van der Waals surface area contributed by atoms with E-state index in [2.05, 4.69) is 17.5 Å². The number of hydrogen-bond acceptors (Lipinski definition) is 4. The van der Waals surface area contributed by atoms with E-state index in [1.807, 2.05) is 24.3 Å². The van der Waals surface area contributed by atoms with Crippen molar-refractivity contribution in [2.24, 2.45) is 23.7 Å². The number of nitrogens with zero attached hydrogens (tertiary/aromatic N) is 1. The van der Waals surface area contributed by atoms with Gasteiger partial charge in [-0.15, -0.1) is 0 Å². The van der Waals surface area contributed by atoms with E-state index in [-0.39, 0.29) is 42.2 Å². The molecule has 2 fully saturated rings. The van der Waals surface area contributed by atoms with E-state index in [0.717, 1.165) is 17.9 Å². The minimum absolute atomic E-state index is 0.0205. The number of nitrogens with one attached hydrogen (secondary N) is 1. The van der Waals surface area contributed by atoms with Crippen molar-refractivity contribution in [2.45, 2.75) is 6.42 Å². The summed E-state index contributed by atoms with van der Waals surface area (Å²) in [4.78, 5) is 26.4. The zero-order chi connectivity index (χ0) is 15.3. The topological polar surface area (TPSA) is 58.6 Å². The van der Waals surface area contributed by atoms with E-state index in [1.165, 1.54) is 4.90 Å². The lowest BCUT2D eigenvalue weighted by molar-refractivity contribution is -0.140. The third-order valence-corrected chi connectivity index (χ3v) is 5.09. The molecule has 114 valence electrons. The predicted molar refractivity (Wildman–Crippen MR) is 81.1 cm³/mol. The monoisotopic (exact) mass is 298 g/mol. The Morgan fingerprint density at radius 1 is 1.09 bits per heavy atom. The van der Waals surface area contributed by atoms with Crippen LogP contribution in [0.2, 0.25) is 0 Å². The lowest BCUT2D eigenvalue weighted by atomic mass is 9.85. The van der Waals surface area contributed by atoms with Gasteiger partial charge in [-0.3, -0.25) is 14.5 Å². The van der Waals surface area contributed by atoms with Crippen LogP contribution < -0.4 is 10.1 Å². The van der Waals surface area contributed by atoms with Crippen LogP contribution in [0.25, 0.3) is 0 Å². The minimum atomic E-state index is -0.125. The van der Waals surface area contributed by atoms with Crippen molar-refractivity contribution in [1.29, 1.82) is 0 Å². The molecule has 5 heteroatoms. The summed E-state index contributed by atoms with van der Waals surface area (Å²) in [6.07, 6.45) is 5.18. The maximum absolute atomic E-state index is 12.5. The molecular weight excluding hydrogens is 280 g/mol. The Hall–Kier alpha value is -2.30. The number of rotatable bonds is 4. The fraction of sp³-hybridized carbons (Fsp3) is 0.412. The third kappa shape index (κ3) is 1.85. The molecule has 0 unspecified atom stereocenters. The van der Waals surface area contributed by atoms with Gasteiger partial charge in [0.05, 0.1) is 25.6 Å². The van der Waals surface area contributed by atoms with Crippen LogP contribution >= 0.6 is 0 Å². The largest absolute Gasteiger partial charge is 0.497 e. The maximum atomic E-state index is 12.5. The highest BCUT2D eigenvalue weighted by molar-refractivity contribution is 6.06. The molecule has 1 aromatic rings. The lowest BCUT2D eigenvalue weighted by Crippen LogP contribution is -2.37.